The number of thioether (sulfide) groups is 1. The van der Waals surface area contributed by atoms with Crippen LogP contribution in [-0.4, -0.2) is 38.0 Å². The highest BCUT2D eigenvalue weighted by Gasteiger charge is 2.21. The van der Waals surface area contributed by atoms with Crippen molar-refractivity contribution in [3.05, 3.63) is 53.3 Å². The van der Waals surface area contributed by atoms with Crippen LogP contribution >= 0.6 is 11.8 Å². The first-order valence-electron chi connectivity index (χ1n) is 8.77. The van der Waals surface area contributed by atoms with E-state index < -0.39 is 6.10 Å². The molecule has 0 radical (unpaired) electrons. The number of hydrogen-bond acceptors (Lipinski definition) is 4. The topological polar surface area (TPSA) is 58.4 Å². The minimum atomic E-state index is -0.571. The van der Waals surface area contributed by atoms with Crippen molar-refractivity contribution in [3.8, 4) is 0 Å². The number of fused-ring (bicyclic) bond motifs is 1. The number of aliphatic hydroxyl groups excluding tert-OH is 1. The van der Waals surface area contributed by atoms with Gasteiger partial charge in [0.05, 0.1) is 24.0 Å². The third-order valence-corrected chi connectivity index (χ3v) is 5.42. The van der Waals surface area contributed by atoms with Crippen LogP contribution in [0.2, 0.25) is 0 Å². The van der Waals surface area contributed by atoms with Gasteiger partial charge in [-0.05, 0) is 25.0 Å². The van der Waals surface area contributed by atoms with Gasteiger partial charge in [-0.3, -0.25) is 9.48 Å². The molecule has 1 N–H and O–H groups in total. The van der Waals surface area contributed by atoms with Gasteiger partial charge in [-0.2, -0.15) is 16.9 Å². The first kappa shape index (κ1) is 18.0. The Kier molecular flexibility index (Phi) is 6.15. The molecule has 5 nitrogen and oxygen atoms in total. The minimum absolute atomic E-state index is 0.203. The van der Waals surface area contributed by atoms with Crippen molar-refractivity contribution in [2.45, 2.75) is 44.7 Å². The van der Waals surface area contributed by atoms with E-state index in [1.807, 2.05) is 33.8 Å². The lowest BCUT2D eigenvalue weighted by Gasteiger charge is -2.20. The highest BCUT2D eigenvalue weighted by molar-refractivity contribution is 7.98. The van der Waals surface area contributed by atoms with E-state index in [2.05, 4.69) is 17.2 Å². The van der Waals surface area contributed by atoms with E-state index >= 15 is 0 Å². The highest BCUT2D eigenvalue weighted by atomic mass is 32.2. The van der Waals surface area contributed by atoms with Crippen molar-refractivity contribution in [1.82, 2.24) is 14.7 Å². The van der Waals surface area contributed by atoms with E-state index in [1.165, 1.54) is 5.56 Å². The van der Waals surface area contributed by atoms with E-state index in [4.69, 9.17) is 0 Å². The number of amides is 1. The van der Waals surface area contributed by atoms with Crippen molar-refractivity contribution < 1.29 is 9.90 Å². The van der Waals surface area contributed by atoms with E-state index in [-0.39, 0.29) is 5.91 Å². The van der Waals surface area contributed by atoms with Crippen LogP contribution < -0.4 is 0 Å². The van der Waals surface area contributed by atoms with Crippen molar-refractivity contribution in [1.29, 1.82) is 0 Å². The normalized spacial score (nSPS) is 15.5. The average molecular weight is 359 g/mol. The lowest BCUT2D eigenvalue weighted by Crippen LogP contribution is -2.30. The van der Waals surface area contributed by atoms with Crippen LogP contribution in [0.3, 0.4) is 0 Å². The molecule has 134 valence electrons. The Morgan fingerprint density at radius 3 is 2.88 bits per heavy atom. The SMILES string of the molecule is C[C@@H](O)c1cc2n(n1)CCCN(C(=O)CCSCc1ccccc1)C2. The number of hydrogen-bond donors (Lipinski definition) is 1. The van der Waals surface area contributed by atoms with E-state index in [0.29, 0.717) is 18.7 Å². The molecule has 1 amide bonds. The zero-order valence-electron chi connectivity index (χ0n) is 14.6. The molecular weight excluding hydrogens is 334 g/mol. The van der Waals surface area contributed by atoms with Gasteiger partial charge in [0, 0.05) is 31.0 Å². The van der Waals surface area contributed by atoms with Crippen LogP contribution in [-0.2, 0) is 23.6 Å². The van der Waals surface area contributed by atoms with Crippen LogP contribution in [0.25, 0.3) is 0 Å². The van der Waals surface area contributed by atoms with Gasteiger partial charge in [-0.1, -0.05) is 30.3 Å². The standard InChI is InChI=1S/C19H25N3O2S/c1-15(23)18-12-17-13-21(9-5-10-22(17)20-18)19(24)8-11-25-14-16-6-3-2-4-7-16/h2-4,6-7,12,15,23H,5,8-11,13-14H2,1H3/t15-/m1/s1. The van der Waals surface area contributed by atoms with Gasteiger partial charge < -0.3 is 10.0 Å². The summed E-state index contributed by atoms with van der Waals surface area (Å²) in [4.78, 5) is 14.5. The van der Waals surface area contributed by atoms with Crippen LogP contribution in [0.4, 0.5) is 0 Å². The number of aryl methyl sites for hydroxylation is 1. The van der Waals surface area contributed by atoms with Gasteiger partial charge in [0.15, 0.2) is 0 Å². The molecule has 6 heteroatoms. The maximum absolute atomic E-state index is 12.5. The fraction of sp³-hybridized carbons (Fsp3) is 0.474. The number of benzene rings is 1. The van der Waals surface area contributed by atoms with Crippen LogP contribution in [0.5, 0.6) is 0 Å². The van der Waals surface area contributed by atoms with Crippen molar-refractivity contribution in [2.24, 2.45) is 0 Å². The van der Waals surface area contributed by atoms with Gasteiger partial charge in [0.1, 0.15) is 0 Å². The molecule has 0 bridgehead atoms. The molecule has 0 saturated heterocycles. The molecule has 25 heavy (non-hydrogen) atoms. The third-order valence-electron chi connectivity index (χ3n) is 4.39. The molecule has 1 atom stereocenters. The van der Waals surface area contributed by atoms with Crippen LogP contribution in [0, 0.1) is 0 Å². The molecule has 2 aromatic rings. The number of nitrogens with zero attached hydrogens (tertiary/aromatic N) is 3. The summed E-state index contributed by atoms with van der Waals surface area (Å²) < 4.78 is 1.93. The predicted octanol–water partition coefficient (Wildman–Crippen LogP) is 2.99. The van der Waals surface area contributed by atoms with Gasteiger partial charge in [0.25, 0.3) is 0 Å². The number of carbonyl (C=O) groups is 1. The lowest BCUT2D eigenvalue weighted by molar-refractivity contribution is -0.131. The zero-order chi connectivity index (χ0) is 17.6. The summed E-state index contributed by atoms with van der Waals surface area (Å²) in [6.07, 6.45) is 0.893. The maximum Gasteiger partial charge on any atom is 0.223 e. The maximum atomic E-state index is 12.5. The van der Waals surface area contributed by atoms with Gasteiger partial charge >= 0.3 is 0 Å². The summed E-state index contributed by atoms with van der Waals surface area (Å²) in [7, 11) is 0. The van der Waals surface area contributed by atoms with E-state index in [0.717, 1.165) is 36.7 Å². The monoisotopic (exact) mass is 359 g/mol. The summed E-state index contributed by atoms with van der Waals surface area (Å²) in [5, 5.41) is 14.1. The summed E-state index contributed by atoms with van der Waals surface area (Å²) >= 11 is 1.80. The summed E-state index contributed by atoms with van der Waals surface area (Å²) in [6.45, 7) is 3.88. The molecule has 0 saturated carbocycles. The Bertz CT molecular complexity index is 700. The molecule has 1 aliphatic heterocycles. The third kappa shape index (κ3) is 4.86. The molecule has 1 aliphatic rings. The molecule has 0 aliphatic carbocycles. The molecule has 0 spiro atoms. The van der Waals surface area contributed by atoms with Crippen molar-refractivity contribution in [3.63, 3.8) is 0 Å². The Balaban J connectivity index is 1.49. The fourth-order valence-corrected chi connectivity index (χ4v) is 3.87. The summed E-state index contributed by atoms with van der Waals surface area (Å²) in [5.41, 5.74) is 2.99. The van der Waals surface area contributed by atoms with Gasteiger partial charge in [-0.15, -0.1) is 0 Å². The highest BCUT2D eigenvalue weighted by Crippen LogP contribution is 2.19. The van der Waals surface area contributed by atoms with Gasteiger partial charge in [0.2, 0.25) is 5.91 Å². The largest absolute Gasteiger partial charge is 0.387 e. The average Bonchev–Trinajstić information content (AvgIpc) is 2.91. The Labute approximate surface area is 153 Å². The Morgan fingerprint density at radius 1 is 1.32 bits per heavy atom. The van der Waals surface area contributed by atoms with E-state index in [9.17, 15) is 9.90 Å². The molecule has 0 fully saturated rings. The van der Waals surface area contributed by atoms with Crippen LogP contribution in [0.15, 0.2) is 36.4 Å². The zero-order valence-corrected chi connectivity index (χ0v) is 15.4. The minimum Gasteiger partial charge on any atom is -0.387 e. The second-order valence-corrected chi connectivity index (χ2v) is 7.52. The molecule has 2 heterocycles. The van der Waals surface area contributed by atoms with E-state index in [1.54, 1.807) is 18.7 Å². The molecular formula is C19H25N3O2S. The van der Waals surface area contributed by atoms with Crippen LogP contribution in [0.1, 0.15) is 42.8 Å². The fourth-order valence-electron chi connectivity index (χ4n) is 2.98. The smallest absolute Gasteiger partial charge is 0.223 e. The summed E-state index contributed by atoms with van der Waals surface area (Å²) in [5.74, 6) is 1.98. The second kappa shape index (κ2) is 8.54. The van der Waals surface area contributed by atoms with Crippen molar-refractivity contribution in [2.75, 3.05) is 12.3 Å². The summed E-state index contributed by atoms with van der Waals surface area (Å²) in [6, 6.07) is 12.3. The molecule has 1 aromatic heterocycles. The number of aromatic nitrogens is 2. The van der Waals surface area contributed by atoms with Gasteiger partial charge in [-0.25, -0.2) is 0 Å². The molecule has 0 unspecified atom stereocenters. The number of rotatable bonds is 6. The Morgan fingerprint density at radius 2 is 2.12 bits per heavy atom. The quantitative estimate of drug-likeness (QED) is 0.806. The number of carbonyl (C=O) groups excluding carboxylic acids is 1. The lowest BCUT2D eigenvalue weighted by atomic mass is 10.2. The number of aliphatic hydroxyl groups is 1. The first-order chi connectivity index (χ1) is 12.1. The second-order valence-electron chi connectivity index (χ2n) is 6.42. The predicted molar refractivity (Wildman–Crippen MR) is 100 cm³/mol. The van der Waals surface area contributed by atoms with Crippen molar-refractivity contribution >= 4 is 17.7 Å². The molecule has 3 rings (SSSR count). The molecule has 1 aromatic carbocycles. The Hall–Kier alpha value is -1.79. The first-order valence-corrected chi connectivity index (χ1v) is 9.93.